The van der Waals surface area contributed by atoms with Gasteiger partial charge in [-0.2, -0.15) is 14.8 Å². The molecule has 1 fully saturated rings. The molecule has 11 nitrogen and oxygen atoms in total. The van der Waals surface area contributed by atoms with E-state index in [1.807, 2.05) is 17.9 Å². The standard InChI is InChI=1S/C24H20BF2N7O4S/c1-2-12-18(14-7-13(11(26)9-34(14)32-12)33-5-3-25(10-29)4-6-33)30-24-31-19(15(8-28)39-24)16-20(35)22(37)17(27)23(38)21(16)36/h7,9,35-38H,2-6H2,1H3,(H,30,31). The zero-order valence-corrected chi connectivity index (χ0v) is 21.2. The third kappa shape index (κ3) is 4.26. The van der Waals surface area contributed by atoms with Crippen molar-refractivity contribution in [2.45, 2.75) is 26.0 Å². The number of aryl methyl sites for hydroxylation is 1. The molecule has 0 atom stereocenters. The number of pyridine rings is 1. The van der Waals surface area contributed by atoms with Gasteiger partial charge in [0.05, 0.1) is 34.3 Å². The Bertz CT molecular complexity index is 1670. The molecule has 0 spiro atoms. The van der Waals surface area contributed by atoms with E-state index in [-0.39, 0.29) is 22.4 Å². The maximum absolute atomic E-state index is 15.1. The molecule has 1 aliphatic heterocycles. The van der Waals surface area contributed by atoms with Crippen LogP contribution in [0.3, 0.4) is 0 Å². The minimum atomic E-state index is -1.63. The lowest BCUT2D eigenvalue weighted by atomic mass is 9.45. The molecule has 0 radical (unpaired) electrons. The summed E-state index contributed by atoms with van der Waals surface area (Å²) >= 11 is 0.837. The van der Waals surface area contributed by atoms with Crippen LogP contribution in [0.4, 0.5) is 25.3 Å². The Morgan fingerprint density at radius 3 is 2.36 bits per heavy atom. The predicted octanol–water partition coefficient (Wildman–Crippen LogP) is 4.11. The van der Waals surface area contributed by atoms with Crippen molar-refractivity contribution in [1.82, 2.24) is 14.6 Å². The highest BCUT2D eigenvalue weighted by atomic mass is 32.1. The molecule has 4 aromatic rings. The van der Waals surface area contributed by atoms with Crippen molar-refractivity contribution in [3.63, 3.8) is 0 Å². The number of anilines is 3. The largest absolute Gasteiger partial charge is 0.504 e. The van der Waals surface area contributed by atoms with Gasteiger partial charge in [0, 0.05) is 19.1 Å². The zero-order chi connectivity index (χ0) is 28.0. The quantitative estimate of drug-likeness (QED) is 0.138. The second-order valence-corrected chi connectivity index (χ2v) is 9.92. The molecule has 0 amide bonds. The van der Waals surface area contributed by atoms with Crippen LogP contribution in [-0.4, -0.2) is 54.8 Å². The Kier molecular flexibility index (Phi) is 6.53. The number of nitrogens with one attached hydrogen (secondary N) is 1. The number of nitrogens with zero attached hydrogens (tertiary/aromatic N) is 6. The number of fused-ring (bicyclic) bond motifs is 1. The zero-order valence-electron chi connectivity index (χ0n) is 20.4. The summed E-state index contributed by atoms with van der Waals surface area (Å²) in [5.74, 6) is -4.65. The van der Waals surface area contributed by atoms with Gasteiger partial charge in [-0.1, -0.05) is 18.3 Å². The van der Waals surface area contributed by atoms with Crippen LogP contribution in [0.5, 0.6) is 23.0 Å². The number of hydrogen-bond acceptors (Lipinski definition) is 11. The van der Waals surface area contributed by atoms with E-state index in [4.69, 9.17) is 0 Å². The van der Waals surface area contributed by atoms with Crippen molar-refractivity contribution in [2.75, 3.05) is 23.3 Å². The number of phenols is 4. The summed E-state index contributed by atoms with van der Waals surface area (Å²) in [7, 11) is 0. The third-order valence-corrected chi connectivity index (χ3v) is 7.54. The van der Waals surface area contributed by atoms with E-state index >= 15 is 4.39 Å². The first-order chi connectivity index (χ1) is 18.7. The molecule has 198 valence electrons. The monoisotopic (exact) mass is 551 g/mol. The van der Waals surface area contributed by atoms with Gasteiger partial charge in [-0.25, -0.2) is 19.2 Å². The van der Waals surface area contributed by atoms with Crippen LogP contribution in [0.25, 0.3) is 16.8 Å². The minimum absolute atomic E-state index is 0.0656. The SMILES string of the molecule is CCc1nn2cc(F)c(N3CCB(C#N)CC3)cc2c1Nc1nc(-c2c(O)c(O)c(F)c(O)c2O)c(C#N)s1. The molecule has 5 rings (SSSR count). The normalized spacial score (nSPS) is 13.5. The number of rotatable bonds is 5. The first-order valence-electron chi connectivity index (χ1n) is 11.9. The van der Waals surface area contributed by atoms with Gasteiger partial charge in [0.1, 0.15) is 16.6 Å². The van der Waals surface area contributed by atoms with Gasteiger partial charge in [-0.15, -0.1) is 0 Å². The second-order valence-electron chi connectivity index (χ2n) is 8.92. The van der Waals surface area contributed by atoms with E-state index in [1.165, 1.54) is 10.7 Å². The van der Waals surface area contributed by atoms with Gasteiger partial charge in [-0.05, 0) is 25.1 Å². The van der Waals surface area contributed by atoms with Gasteiger partial charge < -0.3 is 30.6 Å². The highest BCUT2D eigenvalue weighted by Crippen LogP contribution is 2.51. The molecule has 1 aromatic carbocycles. The number of benzene rings is 1. The van der Waals surface area contributed by atoms with E-state index < -0.39 is 40.2 Å². The maximum Gasteiger partial charge on any atom is 0.271 e. The van der Waals surface area contributed by atoms with Crippen LogP contribution in [-0.2, 0) is 6.42 Å². The van der Waals surface area contributed by atoms with Gasteiger partial charge in [-0.3, -0.25) is 0 Å². The number of phenolic OH excluding ortho intramolecular Hbond substituents is 4. The van der Waals surface area contributed by atoms with Crippen LogP contribution in [0, 0.1) is 34.2 Å². The first-order valence-corrected chi connectivity index (χ1v) is 12.7. The summed E-state index contributed by atoms with van der Waals surface area (Å²) in [5, 5.41) is 66.7. The summed E-state index contributed by atoms with van der Waals surface area (Å²) in [4.78, 5) is 6.02. The summed E-state index contributed by atoms with van der Waals surface area (Å²) < 4.78 is 30.3. The Morgan fingerprint density at radius 2 is 1.77 bits per heavy atom. The molecule has 0 unspecified atom stereocenters. The molecule has 4 heterocycles. The van der Waals surface area contributed by atoms with E-state index in [2.05, 4.69) is 21.4 Å². The third-order valence-electron chi connectivity index (χ3n) is 6.66. The van der Waals surface area contributed by atoms with Crippen molar-refractivity contribution < 1.29 is 29.2 Å². The van der Waals surface area contributed by atoms with Gasteiger partial charge >= 0.3 is 0 Å². The molecule has 0 bridgehead atoms. The predicted molar refractivity (Wildman–Crippen MR) is 140 cm³/mol. The van der Waals surface area contributed by atoms with Gasteiger partial charge in [0.15, 0.2) is 33.9 Å². The van der Waals surface area contributed by atoms with Crippen LogP contribution < -0.4 is 10.2 Å². The van der Waals surface area contributed by atoms with E-state index in [1.54, 1.807) is 6.07 Å². The number of aromatic hydroxyl groups is 4. The molecule has 15 heteroatoms. The highest BCUT2D eigenvalue weighted by molar-refractivity contribution is 7.16. The van der Waals surface area contributed by atoms with Crippen LogP contribution in [0.1, 0.15) is 17.5 Å². The number of thiazole rings is 1. The molecule has 1 aliphatic rings. The van der Waals surface area contributed by atoms with Crippen molar-refractivity contribution in [1.29, 1.82) is 10.5 Å². The van der Waals surface area contributed by atoms with Crippen LogP contribution in [0.15, 0.2) is 12.3 Å². The molecular formula is C24H20BF2N7O4S. The number of aromatic nitrogens is 3. The van der Waals surface area contributed by atoms with Crippen LogP contribution >= 0.6 is 11.3 Å². The molecule has 39 heavy (non-hydrogen) atoms. The van der Waals surface area contributed by atoms with Crippen molar-refractivity contribution in [2.24, 2.45) is 0 Å². The van der Waals surface area contributed by atoms with Gasteiger partial charge in [0.25, 0.3) is 6.71 Å². The Morgan fingerprint density at radius 1 is 1.10 bits per heavy atom. The van der Waals surface area contributed by atoms with E-state index in [9.17, 15) is 35.3 Å². The molecule has 0 aliphatic carbocycles. The van der Waals surface area contributed by atoms with Crippen molar-refractivity contribution in [3.05, 3.63) is 34.5 Å². The lowest BCUT2D eigenvalue weighted by molar-refractivity contribution is 0.338. The summed E-state index contributed by atoms with van der Waals surface area (Å²) in [6.45, 7) is 2.83. The fourth-order valence-corrected chi connectivity index (χ4v) is 5.37. The average molecular weight is 551 g/mol. The van der Waals surface area contributed by atoms with Crippen LogP contribution in [0.2, 0.25) is 12.6 Å². The average Bonchev–Trinajstić information content (AvgIpc) is 3.50. The fraction of sp³-hybridized carbons (Fsp3) is 0.250. The lowest BCUT2D eigenvalue weighted by Crippen LogP contribution is -2.37. The maximum atomic E-state index is 15.1. The summed E-state index contributed by atoms with van der Waals surface area (Å²) in [6.07, 6.45) is 2.97. The Hall–Kier alpha value is -4.76. The Labute approximate surface area is 224 Å². The highest BCUT2D eigenvalue weighted by Gasteiger charge is 2.29. The number of hydrogen-bond donors (Lipinski definition) is 5. The smallest absolute Gasteiger partial charge is 0.271 e. The van der Waals surface area contributed by atoms with Crippen molar-refractivity contribution in [3.8, 4) is 46.3 Å². The van der Waals surface area contributed by atoms with E-state index in [0.29, 0.717) is 54.7 Å². The topological polar surface area (TPSA) is 174 Å². The van der Waals surface area contributed by atoms with Gasteiger partial charge in [0.2, 0.25) is 5.82 Å². The van der Waals surface area contributed by atoms with Crippen molar-refractivity contribution >= 4 is 40.1 Å². The molecule has 5 N–H and O–H groups in total. The first kappa shape index (κ1) is 25.9. The molecular weight excluding hydrogens is 531 g/mol. The minimum Gasteiger partial charge on any atom is -0.504 e. The summed E-state index contributed by atoms with van der Waals surface area (Å²) in [5.41, 5.74) is 0.999. The Balaban J connectivity index is 1.58. The molecule has 3 aromatic heterocycles. The van der Waals surface area contributed by atoms with E-state index in [0.717, 1.165) is 11.3 Å². The second kappa shape index (κ2) is 9.85. The molecule has 0 saturated carbocycles. The summed E-state index contributed by atoms with van der Waals surface area (Å²) in [6, 6.07) is 3.52. The fourth-order valence-electron chi connectivity index (χ4n) is 4.60. The number of nitriles is 2. The number of halogens is 2. The lowest BCUT2D eigenvalue weighted by Gasteiger charge is -2.30. The molecule has 1 saturated heterocycles.